The number of benzene rings is 1. The van der Waals surface area contributed by atoms with Crippen molar-refractivity contribution in [3.63, 3.8) is 0 Å². The molecule has 0 amide bonds. The van der Waals surface area contributed by atoms with Gasteiger partial charge < -0.3 is 9.84 Å². The van der Waals surface area contributed by atoms with Gasteiger partial charge in [-0.05, 0) is 43.0 Å². The van der Waals surface area contributed by atoms with Crippen LogP contribution in [0.4, 0.5) is 0 Å². The normalized spacial score (nSPS) is 16.1. The Balaban J connectivity index is 1.96. The molecule has 7 nitrogen and oxygen atoms in total. The Labute approximate surface area is 184 Å². The third-order valence-electron chi connectivity index (χ3n) is 4.81. The molecule has 1 aliphatic heterocycles. The van der Waals surface area contributed by atoms with Crippen LogP contribution in [0.25, 0.3) is 6.08 Å². The van der Waals surface area contributed by atoms with E-state index in [1.54, 1.807) is 38.1 Å². The number of carboxylic acids is 1. The molecule has 2 aromatic heterocycles. The highest BCUT2D eigenvalue weighted by Crippen LogP contribution is 2.33. The van der Waals surface area contributed by atoms with Crippen molar-refractivity contribution in [3.8, 4) is 0 Å². The van der Waals surface area contributed by atoms with Crippen molar-refractivity contribution in [1.82, 2.24) is 4.57 Å². The van der Waals surface area contributed by atoms with Gasteiger partial charge in [0, 0.05) is 4.88 Å². The average Bonchev–Trinajstić information content (AvgIpc) is 3.36. The average molecular weight is 455 g/mol. The summed E-state index contributed by atoms with van der Waals surface area (Å²) in [6.45, 7) is 3.66. The van der Waals surface area contributed by atoms with E-state index in [2.05, 4.69) is 4.99 Å². The molecule has 0 fully saturated rings. The van der Waals surface area contributed by atoms with Gasteiger partial charge in [0.15, 0.2) is 4.80 Å². The quantitative estimate of drug-likeness (QED) is 0.598. The molecule has 0 aliphatic carbocycles. The maximum absolute atomic E-state index is 13.4. The van der Waals surface area contributed by atoms with Gasteiger partial charge >= 0.3 is 11.9 Å². The van der Waals surface area contributed by atoms with Crippen LogP contribution in [0.5, 0.6) is 0 Å². The molecule has 0 radical (unpaired) electrons. The van der Waals surface area contributed by atoms with E-state index in [0.29, 0.717) is 26.2 Å². The lowest BCUT2D eigenvalue weighted by Gasteiger charge is -2.23. The van der Waals surface area contributed by atoms with Gasteiger partial charge in [0.25, 0.3) is 5.56 Å². The minimum absolute atomic E-state index is 0.103. The number of ether oxygens (including phenoxy) is 1. The van der Waals surface area contributed by atoms with Gasteiger partial charge in [0.1, 0.15) is 6.04 Å². The van der Waals surface area contributed by atoms with Crippen LogP contribution in [-0.2, 0) is 9.53 Å². The summed E-state index contributed by atoms with van der Waals surface area (Å²) in [4.78, 5) is 43.4. The second-order valence-electron chi connectivity index (χ2n) is 6.71. The summed E-state index contributed by atoms with van der Waals surface area (Å²) in [7, 11) is 0. The zero-order valence-corrected chi connectivity index (χ0v) is 18.3. The number of allylic oxidation sites excluding steroid dienone is 1. The van der Waals surface area contributed by atoms with Crippen molar-refractivity contribution in [2.45, 2.75) is 19.9 Å². The monoisotopic (exact) mass is 454 g/mol. The maximum Gasteiger partial charge on any atom is 0.338 e. The molecule has 1 N–H and O–H groups in total. The molecule has 0 bridgehead atoms. The third-order valence-corrected chi connectivity index (χ3v) is 6.72. The van der Waals surface area contributed by atoms with E-state index in [-0.39, 0.29) is 17.7 Å². The lowest BCUT2D eigenvalue weighted by Crippen LogP contribution is -2.39. The highest BCUT2D eigenvalue weighted by Gasteiger charge is 2.33. The number of fused-ring (bicyclic) bond motifs is 1. The first-order chi connectivity index (χ1) is 14.9. The molecule has 4 rings (SSSR count). The molecule has 1 unspecified atom stereocenters. The second kappa shape index (κ2) is 8.44. The minimum Gasteiger partial charge on any atom is -0.478 e. The molecule has 9 heteroatoms. The van der Waals surface area contributed by atoms with Crippen LogP contribution in [0, 0.1) is 0 Å². The maximum atomic E-state index is 13.4. The van der Waals surface area contributed by atoms with E-state index in [0.717, 1.165) is 16.2 Å². The standard InChI is InChI=1S/C22H18N2O5S2/c1-3-29-21(28)17-12(2)23-22-24(18(17)15-9-6-10-30-15)19(25)16(31-22)11-13-7-4-5-8-14(13)20(26)27/h4-11,18H,3H2,1-2H3,(H,26,27). The number of carbonyl (C=O) groups excluding carboxylic acids is 1. The van der Waals surface area contributed by atoms with Gasteiger partial charge in [-0.15, -0.1) is 11.3 Å². The Bertz CT molecular complexity index is 1380. The largest absolute Gasteiger partial charge is 0.478 e. The Morgan fingerprint density at radius 1 is 1.26 bits per heavy atom. The molecule has 1 aliphatic rings. The van der Waals surface area contributed by atoms with Crippen LogP contribution >= 0.6 is 22.7 Å². The molecular formula is C22H18N2O5S2. The molecular weight excluding hydrogens is 436 g/mol. The lowest BCUT2D eigenvalue weighted by molar-refractivity contribution is -0.139. The zero-order chi connectivity index (χ0) is 22.1. The van der Waals surface area contributed by atoms with E-state index >= 15 is 0 Å². The van der Waals surface area contributed by atoms with E-state index in [1.807, 2.05) is 17.5 Å². The van der Waals surface area contributed by atoms with Gasteiger partial charge in [-0.2, -0.15) is 0 Å². The van der Waals surface area contributed by atoms with Crippen LogP contribution in [0.2, 0.25) is 0 Å². The number of rotatable bonds is 5. The highest BCUT2D eigenvalue weighted by atomic mass is 32.1. The van der Waals surface area contributed by atoms with Gasteiger partial charge in [-0.1, -0.05) is 35.6 Å². The van der Waals surface area contributed by atoms with Crippen LogP contribution in [0.15, 0.2) is 62.8 Å². The van der Waals surface area contributed by atoms with Crippen molar-refractivity contribution >= 4 is 40.7 Å². The van der Waals surface area contributed by atoms with E-state index in [9.17, 15) is 19.5 Å². The lowest BCUT2D eigenvalue weighted by atomic mass is 10.0. The number of nitrogens with zero attached hydrogens (tertiary/aromatic N) is 2. The number of hydrogen-bond acceptors (Lipinski definition) is 7. The van der Waals surface area contributed by atoms with Crippen molar-refractivity contribution in [2.75, 3.05) is 6.61 Å². The molecule has 1 aromatic carbocycles. The number of aromatic carboxylic acids is 1. The Morgan fingerprint density at radius 2 is 2.03 bits per heavy atom. The summed E-state index contributed by atoms with van der Waals surface area (Å²) in [5.74, 6) is -1.58. The second-order valence-corrected chi connectivity index (χ2v) is 8.70. The number of thiazole rings is 1. The first-order valence-electron chi connectivity index (χ1n) is 9.47. The van der Waals surface area contributed by atoms with Crippen LogP contribution in [0.1, 0.15) is 40.7 Å². The number of carbonyl (C=O) groups is 2. The van der Waals surface area contributed by atoms with Gasteiger partial charge in [0.2, 0.25) is 0 Å². The molecule has 0 saturated carbocycles. The summed E-state index contributed by atoms with van der Waals surface area (Å²) in [5.41, 5.74) is 1.02. The fourth-order valence-corrected chi connectivity index (χ4v) is 5.33. The summed E-state index contributed by atoms with van der Waals surface area (Å²) in [5, 5.41) is 11.3. The fourth-order valence-electron chi connectivity index (χ4n) is 3.47. The number of hydrogen-bond donors (Lipinski definition) is 1. The smallest absolute Gasteiger partial charge is 0.338 e. The summed E-state index contributed by atoms with van der Waals surface area (Å²) in [6, 6.07) is 9.56. The molecule has 3 aromatic rings. The molecule has 31 heavy (non-hydrogen) atoms. The van der Waals surface area contributed by atoms with Crippen molar-refractivity contribution in [3.05, 3.63) is 88.7 Å². The number of thiophene rings is 1. The SMILES string of the molecule is CCOC(=O)C1=C(C)N=c2sc(=Cc3ccccc3C(=O)O)c(=O)n2C1c1cccs1. The predicted octanol–water partition coefficient (Wildman–Crippen LogP) is 2.56. The third kappa shape index (κ3) is 3.77. The molecule has 1 atom stereocenters. The first kappa shape index (κ1) is 21.0. The fraction of sp³-hybridized carbons (Fsp3) is 0.182. The Hall–Kier alpha value is -3.30. The molecule has 0 saturated heterocycles. The van der Waals surface area contributed by atoms with Crippen molar-refractivity contribution in [1.29, 1.82) is 0 Å². The summed E-state index contributed by atoms with van der Waals surface area (Å²) < 4.78 is 7.07. The van der Waals surface area contributed by atoms with Crippen molar-refractivity contribution < 1.29 is 19.4 Å². The Kier molecular flexibility index (Phi) is 5.71. The van der Waals surface area contributed by atoms with Gasteiger partial charge in [-0.25, -0.2) is 14.6 Å². The van der Waals surface area contributed by atoms with Gasteiger partial charge in [-0.3, -0.25) is 9.36 Å². The summed E-state index contributed by atoms with van der Waals surface area (Å²) in [6.07, 6.45) is 1.56. The van der Waals surface area contributed by atoms with Gasteiger partial charge in [0.05, 0.1) is 28.0 Å². The number of esters is 1. The predicted molar refractivity (Wildman–Crippen MR) is 118 cm³/mol. The van der Waals surface area contributed by atoms with E-state index in [4.69, 9.17) is 4.74 Å². The van der Waals surface area contributed by atoms with Crippen LogP contribution in [0.3, 0.4) is 0 Å². The van der Waals surface area contributed by atoms with E-state index in [1.165, 1.54) is 22.0 Å². The van der Waals surface area contributed by atoms with Crippen LogP contribution < -0.4 is 14.9 Å². The van der Waals surface area contributed by atoms with E-state index < -0.39 is 18.0 Å². The summed E-state index contributed by atoms with van der Waals surface area (Å²) >= 11 is 2.60. The molecule has 158 valence electrons. The number of aromatic nitrogens is 1. The van der Waals surface area contributed by atoms with Crippen molar-refractivity contribution in [2.24, 2.45) is 4.99 Å². The first-order valence-corrected chi connectivity index (χ1v) is 11.2. The highest BCUT2D eigenvalue weighted by molar-refractivity contribution is 7.10. The number of carboxylic acid groups (broad SMARTS) is 1. The van der Waals surface area contributed by atoms with Crippen LogP contribution in [-0.4, -0.2) is 28.2 Å². The zero-order valence-electron chi connectivity index (χ0n) is 16.7. The topological polar surface area (TPSA) is 98.0 Å². The molecule has 0 spiro atoms. The minimum atomic E-state index is -1.07. The molecule has 3 heterocycles. The Morgan fingerprint density at radius 3 is 2.71 bits per heavy atom.